The van der Waals surface area contributed by atoms with Crippen molar-refractivity contribution in [3.05, 3.63) is 11.4 Å². The van der Waals surface area contributed by atoms with Gasteiger partial charge >= 0.3 is 0 Å². The smallest absolute Gasteiger partial charge is 0.246 e. The summed E-state index contributed by atoms with van der Waals surface area (Å²) < 4.78 is 26.8. The van der Waals surface area contributed by atoms with E-state index in [0.29, 0.717) is 37.3 Å². The number of amidine groups is 1. The van der Waals surface area contributed by atoms with Crippen LogP contribution in [0.3, 0.4) is 0 Å². The van der Waals surface area contributed by atoms with Crippen LogP contribution in [0.15, 0.2) is 4.90 Å². The zero-order chi connectivity index (χ0) is 15.1. The molecule has 0 bridgehead atoms. The second-order valence-electron chi connectivity index (χ2n) is 5.64. The number of piperidine rings is 1. The Morgan fingerprint density at radius 2 is 1.95 bits per heavy atom. The number of nitrogens with one attached hydrogen (secondary N) is 2. The Labute approximate surface area is 119 Å². The maximum atomic E-state index is 12.7. The van der Waals surface area contributed by atoms with Crippen LogP contribution in [0.1, 0.15) is 31.2 Å². The van der Waals surface area contributed by atoms with Crippen molar-refractivity contribution in [3.8, 4) is 0 Å². The summed E-state index contributed by atoms with van der Waals surface area (Å²) in [7, 11) is -3.53. The van der Waals surface area contributed by atoms with E-state index in [-0.39, 0.29) is 10.7 Å². The molecular weight excluding hydrogens is 278 g/mol. The van der Waals surface area contributed by atoms with Gasteiger partial charge in [-0.25, -0.2) is 8.42 Å². The molecule has 1 saturated heterocycles. The van der Waals surface area contributed by atoms with E-state index in [0.717, 1.165) is 0 Å². The van der Waals surface area contributed by atoms with E-state index in [1.54, 1.807) is 13.8 Å². The molecule has 7 nitrogen and oxygen atoms in total. The molecule has 0 aliphatic carbocycles. The van der Waals surface area contributed by atoms with Crippen LogP contribution in [0.5, 0.6) is 0 Å². The summed E-state index contributed by atoms with van der Waals surface area (Å²) in [6.07, 6.45) is 1.13. The number of nitrogens with two attached hydrogens (primary N) is 1. The van der Waals surface area contributed by atoms with Crippen molar-refractivity contribution < 1.29 is 8.42 Å². The van der Waals surface area contributed by atoms with Crippen molar-refractivity contribution in [2.24, 2.45) is 11.1 Å². The molecule has 1 aliphatic heterocycles. The Bertz CT molecular complexity index is 607. The summed E-state index contributed by atoms with van der Waals surface area (Å²) in [4.78, 5) is 0.268. The van der Waals surface area contributed by atoms with E-state index in [4.69, 9.17) is 11.1 Å². The summed E-state index contributed by atoms with van der Waals surface area (Å²) in [6.45, 7) is 6.05. The second-order valence-corrected chi connectivity index (χ2v) is 7.52. The Morgan fingerprint density at radius 3 is 2.35 bits per heavy atom. The van der Waals surface area contributed by atoms with Gasteiger partial charge in [-0.15, -0.1) is 0 Å². The zero-order valence-electron chi connectivity index (χ0n) is 12.0. The largest absolute Gasteiger partial charge is 0.387 e. The summed E-state index contributed by atoms with van der Waals surface area (Å²) in [6, 6.07) is 0. The SMILES string of the molecule is Cc1n[nH]c(C)c1S(=O)(=O)N1CCC(C)(C(=N)N)CC1. The maximum Gasteiger partial charge on any atom is 0.246 e. The Balaban J connectivity index is 2.25. The average Bonchev–Trinajstić information content (AvgIpc) is 2.70. The highest BCUT2D eigenvalue weighted by Crippen LogP contribution is 2.33. The Morgan fingerprint density at radius 1 is 1.40 bits per heavy atom. The van der Waals surface area contributed by atoms with Gasteiger partial charge < -0.3 is 5.73 Å². The molecule has 0 atom stereocenters. The van der Waals surface area contributed by atoms with E-state index in [9.17, 15) is 8.42 Å². The minimum Gasteiger partial charge on any atom is -0.387 e. The molecule has 1 aromatic rings. The molecule has 4 N–H and O–H groups in total. The first-order valence-electron chi connectivity index (χ1n) is 6.55. The molecule has 112 valence electrons. The van der Waals surface area contributed by atoms with E-state index in [2.05, 4.69) is 10.2 Å². The van der Waals surface area contributed by atoms with Crippen molar-refractivity contribution in [3.63, 3.8) is 0 Å². The van der Waals surface area contributed by atoms with Crippen LogP contribution in [-0.2, 0) is 10.0 Å². The van der Waals surface area contributed by atoms with Gasteiger partial charge in [-0.1, -0.05) is 6.92 Å². The molecule has 8 heteroatoms. The van der Waals surface area contributed by atoms with Crippen molar-refractivity contribution in [2.75, 3.05) is 13.1 Å². The minimum absolute atomic E-state index is 0.130. The Kier molecular flexibility index (Phi) is 3.64. The van der Waals surface area contributed by atoms with Gasteiger partial charge in [0.25, 0.3) is 0 Å². The van der Waals surface area contributed by atoms with Gasteiger partial charge in [0.1, 0.15) is 4.90 Å². The zero-order valence-corrected chi connectivity index (χ0v) is 12.8. The van der Waals surface area contributed by atoms with E-state index < -0.39 is 15.4 Å². The highest BCUT2D eigenvalue weighted by Gasteiger charge is 2.38. The second kappa shape index (κ2) is 4.85. The number of aromatic nitrogens is 2. The molecular formula is C12H21N5O2S. The fourth-order valence-corrected chi connectivity index (χ4v) is 4.31. The first-order chi connectivity index (χ1) is 9.18. The summed E-state index contributed by atoms with van der Waals surface area (Å²) in [5, 5.41) is 14.3. The van der Waals surface area contributed by atoms with Crippen LogP contribution in [0.4, 0.5) is 0 Å². The van der Waals surface area contributed by atoms with Gasteiger partial charge in [-0.2, -0.15) is 9.40 Å². The van der Waals surface area contributed by atoms with E-state index in [1.807, 2.05) is 6.92 Å². The molecule has 0 radical (unpaired) electrons. The molecule has 0 unspecified atom stereocenters. The van der Waals surface area contributed by atoms with Crippen molar-refractivity contribution in [1.29, 1.82) is 5.41 Å². The molecule has 20 heavy (non-hydrogen) atoms. The fourth-order valence-electron chi connectivity index (χ4n) is 2.54. The normalized spacial score (nSPS) is 19.9. The third-order valence-electron chi connectivity index (χ3n) is 4.13. The number of hydrogen-bond donors (Lipinski definition) is 3. The van der Waals surface area contributed by atoms with Crippen LogP contribution in [0.2, 0.25) is 0 Å². The average molecular weight is 299 g/mol. The maximum absolute atomic E-state index is 12.7. The molecule has 0 spiro atoms. The first-order valence-corrected chi connectivity index (χ1v) is 7.99. The number of rotatable bonds is 3. The van der Waals surface area contributed by atoms with Gasteiger partial charge in [0, 0.05) is 18.5 Å². The molecule has 2 rings (SSSR count). The Hall–Kier alpha value is -1.41. The summed E-state index contributed by atoms with van der Waals surface area (Å²) in [5.41, 5.74) is 6.25. The number of aromatic amines is 1. The molecule has 1 aliphatic rings. The van der Waals surface area contributed by atoms with Gasteiger partial charge in [0.05, 0.1) is 17.2 Å². The minimum atomic E-state index is -3.53. The topological polar surface area (TPSA) is 116 Å². The quantitative estimate of drug-likeness (QED) is 0.564. The van der Waals surface area contributed by atoms with Crippen LogP contribution in [0.25, 0.3) is 0 Å². The van der Waals surface area contributed by atoms with Gasteiger partial charge in [0.15, 0.2) is 0 Å². The van der Waals surface area contributed by atoms with E-state index in [1.165, 1.54) is 4.31 Å². The van der Waals surface area contributed by atoms with Gasteiger partial charge in [0.2, 0.25) is 10.0 Å². The first kappa shape index (κ1) is 15.0. The number of hydrogen-bond acceptors (Lipinski definition) is 4. The van der Waals surface area contributed by atoms with E-state index >= 15 is 0 Å². The highest BCUT2D eigenvalue weighted by molar-refractivity contribution is 7.89. The van der Waals surface area contributed by atoms with Crippen LogP contribution < -0.4 is 5.73 Å². The lowest BCUT2D eigenvalue weighted by atomic mass is 9.80. The third kappa shape index (κ3) is 2.33. The number of nitrogens with zero attached hydrogens (tertiary/aromatic N) is 2. The summed E-state index contributed by atoms with van der Waals surface area (Å²) in [5.74, 6) is 0.130. The molecule has 0 aromatic carbocycles. The third-order valence-corrected chi connectivity index (χ3v) is 6.30. The standard InChI is InChI=1S/C12H21N5O2S/c1-8-10(9(2)16-15-8)20(18,19)17-6-4-12(3,5-7-17)11(13)14/h4-7H2,1-3H3,(H3,13,14)(H,15,16). The van der Waals surface area contributed by atoms with Crippen molar-refractivity contribution in [1.82, 2.24) is 14.5 Å². The highest BCUT2D eigenvalue weighted by atomic mass is 32.2. The molecule has 1 aromatic heterocycles. The van der Waals surface area contributed by atoms with Crippen molar-refractivity contribution in [2.45, 2.75) is 38.5 Å². The number of H-pyrrole nitrogens is 1. The lowest BCUT2D eigenvalue weighted by molar-refractivity contribution is 0.240. The molecule has 2 heterocycles. The van der Waals surface area contributed by atoms with Gasteiger partial charge in [-0.3, -0.25) is 10.5 Å². The van der Waals surface area contributed by atoms with Crippen LogP contribution in [-0.4, -0.2) is 41.8 Å². The predicted octanol–water partition coefficient (Wildman–Crippen LogP) is 0.753. The predicted molar refractivity (Wildman–Crippen MR) is 76.1 cm³/mol. The number of sulfonamides is 1. The lowest BCUT2D eigenvalue weighted by Crippen LogP contribution is -2.47. The molecule has 0 amide bonds. The molecule has 1 fully saturated rings. The monoisotopic (exact) mass is 299 g/mol. The van der Waals surface area contributed by atoms with Crippen molar-refractivity contribution >= 4 is 15.9 Å². The van der Waals surface area contributed by atoms with Gasteiger partial charge in [-0.05, 0) is 26.7 Å². The lowest BCUT2D eigenvalue weighted by Gasteiger charge is -2.37. The van der Waals surface area contributed by atoms with Crippen LogP contribution in [0, 0.1) is 24.7 Å². The molecule has 0 saturated carbocycles. The van der Waals surface area contributed by atoms with Crippen LogP contribution >= 0.6 is 0 Å². The fraction of sp³-hybridized carbons (Fsp3) is 0.667. The number of aryl methyl sites for hydroxylation is 2. The summed E-state index contributed by atoms with van der Waals surface area (Å²) >= 11 is 0.